The van der Waals surface area contributed by atoms with Crippen LogP contribution in [0.5, 0.6) is 0 Å². The van der Waals surface area contributed by atoms with Crippen LogP contribution in [0.3, 0.4) is 0 Å². The van der Waals surface area contributed by atoms with Crippen molar-refractivity contribution in [3.8, 4) is 0 Å². The smallest absolute Gasteiger partial charge is 0.250 e. The topological polar surface area (TPSA) is 66.8 Å². The fourth-order valence-electron chi connectivity index (χ4n) is 2.98. The summed E-state index contributed by atoms with van der Waals surface area (Å²) in [5.74, 6) is -0.737. The molecule has 5 nitrogen and oxygen atoms in total. The summed E-state index contributed by atoms with van der Waals surface area (Å²) in [5, 5.41) is 0.288. The summed E-state index contributed by atoms with van der Waals surface area (Å²) < 4.78 is 38.1. The average Bonchev–Trinajstić information content (AvgIpc) is 3.00. The minimum Gasteiger partial charge on any atom is -0.315 e. The number of fused-ring (bicyclic) bond motifs is 1. The third-order valence-corrected chi connectivity index (χ3v) is 7.95. The maximum Gasteiger partial charge on any atom is 0.250 e. The Morgan fingerprint density at radius 3 is 2.80 bits per heavy atom. The van der Waals surface area contributed by atoms with Crippen molar-refractivity contribution in [3.63, 3.8) is 0 Å². The maximum absolute atomic E-state index is 14.0. The van der Waals surface area contributed by atoms with E-state index >= 15 is 0 Å². The van der Waals surface area contributed by atoms with Crippen LogP contribution in [0, 0.1) is 18.7 Å². The molecule has 1 amide bonds. The first kappa shape index (κ1) is 18.4. The standard InChI is InChI=1S/C17H21FN2O3S2/c1-4-10(2)16(21)19-17-20(12-6-5-11(3)13(18)7-12)14-8-25(22,23)9-15(14)24-17/h5-7,10,14-15H,4,8-9H2,1-3H3. The van der Waals surface area contributed by atoms with Crippen LogP contribution < -0.4 is 4.90 Å². The number of aryl methyl sites for hydroxylation is 1. The Morgan fingerprint density at radius 1 is 1.44 bits per heavy atom. The van der Waals surface area contributed by atoms with Gasteiger partial charge in [0.15, 0.2) is 15.0 Å². The number of hydrogen-bond donors (Lipinski definition) is 0. The highest BCUT2D eigenvalue weighted by molar-refractivity contribution is 8.16. The van der Waals surface area contributed by atoms with Crippen LogP contribution >= 0.6 is 11.8 Å². The van der Waals surface area contributed by atoms with Crippen molar-refractivity contribution >= 4 is 38.4 Å². The molecule has 3 rings (SSSR count). The van der Waals surface area contributed by atoms with Gasteiger partial charge >= 0.3 is 0 Å². The fraction of sp³-hybridized carbons (Fsp3) is 0.529. The van der Waals surface area contributed by atoms with Gasteiger partial charge in [-0.1, -0.05) is 31.7 Å². The highest BCUT2D eigenvalue weighted by Crippen LogP contribution is 2.41. The van der Waals surface area contributed by atoms with Crippen molar-refractivity contribution < 1.29 is 17.6 Å². The van der Waals surface area contributed by atoms with E-state index in [1.807, 2.05) is 13.8 Å². The molecule has 3 atom stereocenters. The Balaban J connectivity index is 2.02. The number of carbonyl (C=O) groups excluding carboxylic acids is 1. The van der Waals surface area contributed by atoms with Gasteiger partial charge in [0.05, 0.1) is 17.5 Å². The Morgan fingerprint density at radius 2 is 2.16 bits per heavy atom. The molecule has 0 radical (unpaired) electrons. The molecule has 1 aromatic rings. The van der Waals surface area contributed by atoms with Gasteiger partial charge < -0.3 is 4.90 Å². The number of sulfone groups is 1. The number of nitrogens with zero attached hydrogens (tertiary/aromatic N) is 2. The summed E-state index contributed by atoms with van der Waals surface area (Å²) in [6.07, 6.45) is 0.681. The number of amidine groups is 1. The van der Waals surface area contributed by atoms with E-state index in [0.29, 0.717) is 22.8 Å². The van der Waals surface area contributed by atoms with Gasteiger partial charge in [0, 0.05) is 16.9 Å². The van der Waals surface area contributed by atoms with E-state index < -0.39 is 9.84 Å². The fourth-order valence-corrected chi connectivity index (χ4v) is 6.90. The van der Waals surface area contributed by atoms with Gasteiger partial charge in [-0.05, 0) is 31.0 Å². The predicted molar refractivity (Wildman–Crippen MR) is 99.3 cm³/mol. The highest BCUT2D eigenvalue weighted by Gasteiger charge is 2.49. The van der Waals surface area contributed by atoms with Crippen molar-refractivity contribution in [2.45, 2.75) is 38.5 Å². The van der Waals surface area contributed by atoms with Crippen LogP contribution in [-0.4, -0.2) is 42.3 Å². The molecule has 0 aromatic heterocycles. The van der Waals surface area contributed by atoms with E-state index in [1.54, 1.807) is 24.0 Å². The first-order valence-corrected chi connectivity index (χ1v) is 11.0. The number of anilines is 1. The molecule has 2 aliphatic heterocycles. The summed E-state index contributed by atoms with van der Waals surface area (Å²) >= 11 is 1.31. The predicted octanol–water partition coefficient (Wildman–Crippen LogP) is 2.78. The largest absolute Gasteiger partial charge is 0.315 e. The monoisotopic (exact) mass is 384 g/mol. The van der Waals surface area contributed by atoms with Gasteiger partial charge in [-0.2, -0.15) is 4.99 Å². The molecule has 3 unspecified atom stereocenters. The zero-order valence-corrected chi connectivity index (χ0v) is 16.0. The highest BCUT2D eigenvalue weighted by atomic mass is 32.2. The second-order valence-electron chi connectivity index (χ2n) is 6.65. The molecule has 1 aromatic carbocycles. The Labute approximate surface area is 151 Å². The molecule has 0 aliphatic carbocycles. The number of rotatable bonds is 3. The summed E-state index contributed by atoms with van der Waals surface area (Å²) in [4.78, 5) is 18.2. The minimum absolute atomic E-state index is 0.00327. The summed E-state index contributed by atoms with van der Waals surface area (Å²) in [5.41, 5.74) is 1.05. The molecule has 2 heterocycles. The van der Waals surface area contributed by atoms with E-state index in [2.05, 4.69) is 4.99 Å². The molecular formula is C17H21FN2O3S2. The lowest BCUT2D eigenvalue weighted by Gasteiger charge is -2.25. The third-order valence-electron chi connectivity index (χ3n) is 4.74. The van der Waals surface area contributed by atoms with Crippen LogP contribution in [-0.2, 0) is 14.6 Å². The van der Waals surface area contributed by atoms with Crippen molar-refractivity contribution in [2.75, 3.05) is 16.4 Å². The molecule has 8 heteroatoms. The maximum atomic E-state index is 14.0. The average molecular weight is 384 g/mol. The van der Waals surface area contributed by atoms with Crippen LogP contribution in [0.4, 0.5) is 10.1 Å². The Hall–Kier alpha value is -1.41. The molecule has 2 fully saturated rings. The van der Waals surface area contributed by atoms with E-state index in [1.165, 1.54) is 17.8 Å². The van der Waals surface area contributed by atoms with Crippen LogP contribution in [0.25, 0.3) is 0 Å². The first-order chi connectivity index (χ1) is 11.7. The molecule has 0 bridgehead atoms. The molecular weight excluding hydrogens is 363 g/mol. The molecule has 0 N–H and O–H groups in total. The number of aliphatic imine (C=N–C) groups is 1. The van der Waals surface area contributed by atoms with Crippen molar-refractivity contribution in [1.82, 2.24) is 0 Å². The summed E-state index contributed by atoms with van der Waals surface area (Å²) in [6.45, 7) is 5.40. The van der Waals surface area contributed by atoms with Crippen molar-refractivity contribution in [2.24, 2.45) is 10.9 Å². The van der Waals surface area contributed by atoms with Gasteiger partial charge in [0.25, 0.3) is 5.91 Å². The molecule has 0 spiro atoms. The normalized spacial score (nSPS) is 27.5. The van der Waals surface area contributed by atoms with E-state index in [9.17, 15) is 17.6 Å². The molecule has 136 valence electrons. The lowest BCUT2D eigenvalue weighted by molar-refractivity contribution is -0.121. The van der Waals surface area contributed by atoms with Crippen molar-refractivity contribution in [3.05, 3.63) is 29.6 Å². The third kappa shape index (κ3) is 3.60. The van der Waals surface area contributed by atoms with Crippen LogP contribution in [0.15, 0.2) is 23.2 Å². The molecule has 0 saturated carbocycles. The first-order valence-electron chi connectivity index (χ1n) is 8.27. The van der Waals surface area contributed by atoms with Gasteiger partial charge in [0.2, 0.25) is 0 Å². The number of thioether (sulfide) groups is 1. The number of hydrogen-bond acceptors (Lipinski definition) is 4. The van der Waals surface area contributed by atoms with E-state index in [0.717, 1.165) is 0 Å². The molecule has 25 heavy (non-hydrogen) atoms. The molecule has 2 saturated heterocycles. The van der Waals surface area contributed by atoms with E-state index in [4.69, 9.17) is 0 Å². The Kier molecular flexibility index (Phi) is 4.94. The molecule has 2 aliphatic rings. The SMILES string of the molecule is CCC(C)C(=O)N=C1SC2CS(=O)(=O)CC2N1c1ccc(C)c(F)c1. The zero-order chi connectivity index (χ0) is 18.4. The second-order valence-corrected chi connectivity index (χ2v) is 10.0. The number of carbonyl (C=O) groups is 1. The van der Waals surface area contributed by atoms with Gasteiger partial charge in [0.1, 0.15) is 5.82 Å². The van der Waals surface area contributed by atoms with Crippen molar-refractivity contribution in [1.29, 1.82) is 0 Å². The summed E-state index contributed by atoms with van der Waals surface area (Å²) in [6, 6.07) is 4.46. The summed E-state index contributed by atoms with van der Waals surface area (Å²) in [7, 11) is -3.13. The van der Waals surface area contributed by atoms with Gasteiger partial charge in [-0.3, -0.25) is 4.79 Å². The number of benzene rings is 1. The second kappa shape index (κ2) is 6.72. The minimum atomic E-state index is -3.13. The number of halogens is 1. The van der Waals surface area contributed by atoms with Crippen LogP contribution in [0.2, 0.25) is 0 Å². The lowest BCUT2D eigenvalue weighted by atomic mass is 10.1. The van der Waals surface area contributed by atoms with E-state index in [-0.39, 0.29) is 40.4 Å². The lowest BCUT2D eigenvalue weighted by Crippen LogP contribution is -2.38. The van der Waals surface area contributed by atoms with Crippen LogP contribution in [0.1, 0.15) is 25.8 Å². The number of amides is 1. The zero-order valence-electron chi connectivity index (χ0n) is 14.4. The van der Waals surface area contributed by atoms with Gasteiger partial charge in [-0.25, -0.2) is 12.8 Å². The quantitative estimate of drug-likeness (QED) is 0.802. The van der Waals surface area contributed by atoms with Gasteiger partial charge in [-0.15, -0.1) is 0 Å². The Bertz CT molecular complexity index is 838.